The number of carbonyl (C=O) groups excluding carboxylic acids is 1. The van der Waals surface area contributed by atoms with Crippen LogP contribution in [0.15, 0.2) is 29.2 Å². The number of nitrogens with two attached hydrogens (primary N) is 1. The van der Waals surface area contributed by atoms with Crippen LogP contribution in [-0.4, -0.2) is 29.4 Å². The lowest BCUT2D eigenvalue weighted by atomic mass is 10.2. The van der Waals surface area contributed by atoms with Crippen LogP contribution in [0.5, 0.6) is 0 Å². The van der Waals surface area contributed by atoms with Gasteiger partial charge >= 0.3 is 0 Å². The number of rotatable bonds is 5. The second kappa shape index (κ2) is 6.74. The van der Waals surface area contributed by atoms with Gasteiger partial charge in [-0.15, -0.1) is 0 Å². The van der Waals surface area contributed by atoms with Crippen LogP contribution in [0.4, 0.5) is 17.5 Å². The van der Waals surface area contributed by atoms with E-state index in [0.29, 0.717) is 0 Å². The van der Waals surface area contributed by atoms with Gasteiger partial charge in [-0.05, 0) is 32.9 Å². The lowest BCUT2D eigenvalue weighted by Gasteiger charge is -2.16. The molecule has 1 heterocycles. The quantitative estimate of drug-likeness (QED) is 0.615. The molecule has 0 radical (unpaired) electrons. The van der Waals surface area contributed by atoms with Crippen LogP contribution in [-0.2, 0) is 9.84 Å². The number of nitrogens with zero attached hydrogens (tertiary/aromatic N) is 2. The summed E-state index contributed by atoms with van der Waals surface area (Å²) >= 11 is 5.97. The van der Waals surface area contributed by atoms with Crippen molar-refractivity contribution in [3.05, 3.63) is 35.0 Å². The Bertz CT molecular complexity index is 898. The van der Waals surface area contributed by atoms with E-state index >= 15 is 0 Å². The number of halogens is 1. The Morgan fingerprint density at radius 2 is 1.88 bits per heavy atom. The Balaban J connectivity index is 2.61. The van der Waals surface area contributed by atoms with Gasteiger partial charge in [0.1, 0.15) is 11.0 Å². The lowest BCUT2D eigenvalue weighted by molar-refractivity contribution is 0.101. The second-order valence-corrected chi connectivity index (χ2v) is 8.20. The minimum absolute atomic E-state index is 0.0441. The van der Waals surface area contributed by atoms with Gasteiger partial charge in [0.05, 0.1) is 21.4 Å². The van der Waals surface area contributed by atoms with E-state index in [-0.39, 0.29) is 38.8 Å². The first-order valence-corrected chi connectivity index (χ1v) is 9.01. The van der Waals surface area contributed by atoms with Crippen molar-refractivity contribution in [2.45, 2.75) is 30.9 Å². The first kappa shape index (κ1) is 18.2. The van der Waals surface area contributed by atoms with E-state index in [1.807, 2.05) is 0 Å². The highest BCUT2D eigenvalue weighted by Crippen LogP contribution is 2.30. The van der Waals surface area contributed by atoms with Crippen LogP contribution < -0.4 is 11.1 Å². The zero-order valence-electron chi connectivity index (χ0n) is 13.4. The zero-order valence-corrected chi connectivity index (χ0v) is 14.9. The minimum Gasteiger partial charge on any atom is -0.368 e. The fraction of sp³-hybridized carbons (Fsp3) is 0.267. The standard InChI is InChI=1S/C15H17ClN4O3S/c1-8(2)24(22,23)11-7-5-4-6-10(11)18-14-12(9(3)21)13(16)19-15(17)20-14/h4-8H,1-3H3,(H3,17,18,19,20). The van der Waals surface area contributed by atoms with Crippen molar-refractivity contribution in [1.82, 2.24) is 9.97 Å². The van der Waals surface area contributed by atoms with Crippen molar-refractivity contribution in [2.24, 2.45) is 0 Å². The van der Waals surface area contributed by atoms with Gasteiger partial charge in [-0.2, -0.15) is 4.98 Å². The third-order valence-electron chi connectivity index (χ3n) is 3.30. The van der Waals surface area contributed by atoms with Gasteiger partial charge in [0.15, 0.2) is 15.6 Å². The predicted octanol–water partition coefficient (Wildman–Crippen LogP) is 2.84. The Kier molecular flexibility index (Phi) is 5.10. The van der Waals surface area contributed by atoms with E-state index in [1.54, 1.807) is 32.0 Å². The third kappa shape index (κ3) is 3.49. The Morgan fingerprint density at radius 3 is 2.46 bits per heavy atom. The van der Waals surface area contributed by atoms with E-state index in [2.05, 4.69) is 15.3 Å². The number of anilines is 3. The molecular weight excluding hydrogens is 352 g/mol. The normalized spacial score (nSPS) is 11.5. The Labute approximate surface area is 145 Å². The van der Waals surface area contributed by atoms with E-state index in [4.69, 9.17) is 17.3 Å². The Morgan fingerprint density at radius 1 is 1.25 bits per heavy atom. The summed E-state index contributed by atoms with van der Waals surface area (Å²) in [6, 6.07) is 6.34. The van der Waals surface area contributed by atoms with Crippen molar-refractivity contribution in [2.75, 3.05) is 11.1 Å². The van der Waals surface area contributed by atoms with Crippen LogP contribution >= 0.6 is 11.6 Å². The average Bonchev–Trinajstić information content (AvgIpc) is 2.46. The summed E-state index contributed by atoms with van der Waals surface area (Å²) in [7, 11) is -3.54. The monoisotopic (exact) mass is 368 g/mol. The molecule has 0 spiro atoms. The topological polar surface area (TPSA) is 115 Å². The molecule has 0 bridgehead atoms. The van der Waals surface area contributed by atoms with Crippen LogP contribution in [0.3, 0.4) is 0 Å². The number of hydrogen-bond donors (Lipinski definition) is 2. The number of para-hydroxylation sites is 1. The summed E-state index contributed by atoms with van der Waals surface area (Å²) in [5.41, 5.74) is 5.90. The molecule has 0 aliphatic carbocycles. The number of hydrogen-bond acceptors (Lipinski definition) is 7. The van der Waals surface area contributed by atoms with Gasteiger partial charge < -0.3 is 11.1 Å². The van der Waals surface area contributed by atoms with E-state index in [1.165, 1.54) is 13.0 Å². The second-order valence-electron chi connectivity index (χ2n) is 5.37. The summed E-state index contributed by atoms with van der Waals surface area (Å²) in [5.74, 6) is -0.435. The number of Topliss-reactive ketones (excluding diaryl/α,β-unsaturated/α-hetero) is 1. The summed E-state index contributed by atoms with van der Waals surface area (Å²) < 4.78 is 25.0. The first-order valence-electron chi connectivity index (χ1n) is 7.08. The molecule has 9 heteroatoms. The van der Waals surface area contributed by atoms with Gasteiger partial charge in [-0.3, -0.25) is 4.79 Å². The highest BCUT2D eigenvalue weighted by Gasteiger charge is 2.24. The molecule has 0 amide bonds. The molecule has 2 aromatic rings. The number of nitrogens with one attached hydrogen (secondary N) is 1. The molecular formula is C15H17ClN4O3S. The first-order chi connectivity index (χ1) is 11.1. The molecule has 0 saturated carbocycles. The molecule has 1 aromatic carbocycles. The summed E-state index contributed by atoms with van der Waals surface area (Å²) in [4.78, 5) is 19.6. The van der Waals surface area contributed by atoms with Crippen LogP contribution in [0, 0.1) is 0 Å². The number of carbonyl (C=O) groups is 1. The predicted molar refractivity (Wildman–Crippen MR) is 93.5 cm³/mol. The molecule has 0 fully saturated rings. The van der Waals surface area contributed by atoms with Crippen molar-refractivity contribution >= 4 is 44.7 Å². The maximum atomic E-state index is 12.5. The maximum Gasteiger partial charge on any atom is 0.223 e. The van der Waals surface area contributed by atoms with Crippen molar-refractivity contribution in [1.29, 1.82) is 0 Å². The molecule has 3 N–H and O–H groups in total. The number of nitrogen functional groups attached to an aromatic ring is 1. The fourth-order valence-electron chi connectivity index (χ4n) is 2.05. The van der Waals surface area contributed by atoms with Crippen LogP contribution in [0.1, 0.15) is 31.1 Å². The molecule has 0 saturated heterocycles. The molecule has 0 atom stereocenters. The van der Waals surface area contributed by atoms with Crippen molar-refractivity contribution < 1.29 is 13.2 Å². The van der Waals surface area contributed by atoms with Gasteiger partial charge in [-0.25, -0.2) is 13.4 Å². The van der Waals surface area contributed by atoms with Crippen molar-refractivity contribution in [3.63, 3.8) is 0 Å². The van der Waals surface area contributed by atoms with E-state index in [0.717, 1.165) is 0 Å². The van der Waals surface area contributed by atoms with Crippen molar-refractivity contribution in [3.8, 4) is 0 Å². The molecule has 2 rings (SSSR count). The largest absolute Gasteiger partial charge is 0.368 e. The molecule has 0 unspecified atom stereocenters. The molecule has 7 nitrogen and oxygen atoms in total. The number of sulfone groups is 1. The van der Waals surface area contributed by atoms with Crippen LogP contribution in [0.2, 0.25) is 5.15 Å². The van der Waals surface area contributed by atoms with Gasteiger partial charge in [0.2, 0.25) is 5.95 Å². The highest BCUT2D eigenvalue weighted by atomic mass is 35.5. The highest BCUT2D eigenvalue weighted by molar-refractivity contribution is 7.92. The third-order valence-corrected chi connectivity index (χ3v) is 5.79. The van der Waals surface area contributed by atoms with E-state index < -0.39 is 15.1 Å². The SMILES string of the molecule is CC(=O)c1c(Cl)nc(N)nc1Nc1ccccc1S(=O)(=O)C(C)C. The van der Waals surface area contributed by atoms with Gasteiger partial charge in [0.25, 0.3) is 0 Å². The molecule has 1 aromatic heterocycles. The maximum absolute atomic E-state index is 12.5. The van der Waals surface area contributed by atoms with E-state index in [9.17, 15) is 13.2 Å². The lowest BCUT2D eigenvalue weighted by Crippen LogP contribution is -2.16. The van der Waals surface area contributed by atoms with Crippen LogP contribution in [0.25, 0.3) is 0 Å². The molecule has 0 aliphatic rings. The molecule has 128 valence electrons. The smallest absolute Gasteiger partial charge is 0.223 e. The average molecular weight is 369 g/mol. The molecule has 0 aliphatic heterocycles. The summed E-state index contributed by atoms with van der Waals surface area (Å²) in [6.07, 6.45) is 0. The molecule has 24 heavy (non-hydrogen) atoms. The summed E-state index contributed by atoms with van der Waals surface area (Å²) in [5, 5.41) is 2.15. The summed E-state index contributed by atoms with van der Waals surface area (Å²) in [6.45, 7) is 4.49. The number of benzene rings is 1. The van der Waals surface area contributed by atoms with Gasteiger partial charge in [-0.1, -0.05) is 23.7 Å². The Hall–Kier alpha value is -2.19. The fourth-order valence-corrected chi connectivity index (χ4v) is 3.56. The zero-order chi connectivity index (χ0) is 18.1. The minimum atomic E-state index is -3.54. The number of ketones is 1. The van der Waals surface area contributed by atoms with Gasteiger partial charge in [0, 0.05) is 0 Å². The number of aromatic nitrogens is 2.